The van der Waals surface area contributed by atoms with Crippen molar-refractivity contribution in [2.75, 3.05) is 5.73 Å². The normalized spacial score (nSPS) is 11.2. The van der Waals surface area contributed by atoms with E-state index in [0.717, 1.165) is 6.07 Å². The second kappa shape index (κ2) is 2.92. The van der Waals surface area contributed by atoms with Gasteiger partial charge in [0.1, 0.15) is 0 Å². The molecule has 0 fully saturated rings. The maximum Gasteiger partial charge on any atom is 0.573 e. The van der Waals surface area contributed by atoms with Crippen LogP contribution in [0, 0.1) is 6.07 Å². The first-order valence-electron chi connectivity index (χ1n) is 3.00. The van der Waals surface area contributed by atoms with Gasteiger partial charge in [-0.05, 0) is 18.2 Å². The summed E-state index contributed by atoms with van der Waals surface area (Å²) in [6.45, 7) is 0. The van der Waals surface area contributed by atoms with Crippen LogP contribution < -0.4 is 10.5 Å². The Morgan fingerprint density at radius 3 is 2.58 bits per heavy atom. The molecular formula is C7H5F3NO. The molecule has 2 nitrogen and oxygen atoms in total. The van der Waals surface area contributed by atoms with E-state index in [4.69, 9.17) is 5.73 Å². The number of nitrogen functional groups attached to an aromatic ring is 1. The molecule has 0 saturated carbocycles. The minimum Gasteiger partial charge on any atom is -0.404 e. The van der Waals surface area contributed by atoms with Gasteiger partial charge in [0.15, 0.2) is 5.75 Å². The molecular weight excluding hydrogens is 171 g/mol. The molecule has 0 unspecified atom stereocenters. The number of nitrogens with two attached hydrogens (primary N) is 1. The zero-order chi connectivity index (χ0) is 9.19. The lowest BCUT2D eigenvalue weighted by Crippen LogP contribution is -2.17. The number of anilines is 1. The van der Waals surface area contributed by atoms with E-state index >= 15 is 0 Å². The highest BCUT2D eigenvalue weighted by Crippen LogP contribution is 2.27. The number of halogens is 3. The standard InChI is InChI=1S/C7H5F3NO/c8-7(9,10)12-6-4-2-1-3-5(6)11/h2-4H,11H2. The number of ether oxygens (including phenoxy) is 1. The SMILES string of the molecule is Nc1c[c]ccc1OC(F)(F)F. The van der Waals surface area contributed by atoms with Crippen molar-refractivity contribution >= 4 is 5.69 Å². The first-order valence-corrected chi connectivity index (χ1v) is 3.00. The second-order valence-corrected chi connectivity index (χ2v) is 2.01. The van der Waals surface area contributed by atoms with Crippen molar-refractivity contribution in [2.45, 2.75) is 6.36 Å². The zero-order valence-corrected chi connectivity index (χ0v) is 5.85. The van der Waals surface area contributed by atoms with Crippen LogP contribution >= 0.6 is 0 Å². The third-order valence-corrected chi connectivity index (χ3v) is 1.08. The topological polar surface area (TPSA) is 35.2 Å². The third-order valence-electron chi connectivity index (χ3n) is 1.08. The summed E-state index contributed by atoms with van der Waals surface area (Å²) in [4.78, 5) is 0. The van der Waals surface area contributed by atoms with Gasteiger partial charge in [-0.15, -0.1) is 13.2 Å². The second-order valence-electron chi connectivity index (χ2n) is 2.01. The summed E-state index contributed by atoms with van der Waals surface area (Å²) in [7, 11) is 0. The van der Waals surface area contributed by atoms with Crippen molar-refractivity contribution in [3.8, 4) is 5.75 Å². The van der Waals surface area contributed by atoms with Gasteiger partial charge in [0.2, 0.25) is 0 Å². The molecule has 0 amide bonds. The number of hydrogen-bond donors (Lipinski definition) is 1. The van der Waals surface area contributed by atoms with Crippen LogP contribution in [0.15, 0.2) is 18.2 Å². The molecule has 0 bridgehead atoms. The van der Waals surface area contributed by atoms with Gasteiger partial charge in [-0.25, -0.2) is 0 Å². The molecule has 1 aromatic carbocycles. The van der Waals surface area contributed by atoms with Gasteiger partial charge in [-0.1, -0.05) is 6.07 Å². The molecule has 1 aromatic rings. The Morgan fingerprint density at radius 1 is 1.42 bits per heavy atom. The van der Waals surface area contributed by atoms with Gasteiger partial charge in [-0.2, -0.15) is 0 Å². The van der Waals surface area contributed by atoms with Gasteiger partial charge in [0.05, 0.1) is 5.69 Å². The first kappa shape index (κ1) is 8.70. The fourth-order valence-corrected chi connectivity index (χ4v) is 0.647. The quantitative estimate of drug-likeness (QED) is 0.664. The number of hydrogen-bond acceptors (Lipinski definition) is 2. The van der Waals surface area contributed by atoms with Crippen LogP contribution in [-0.2, 0) is 0 Å². The Kier molecular flexibility index (Phi) is 2.12. The minimum absolute atomic E-state index is 0.0881. The average molecular weight is 176 g/mol. The largest absolute Gasteiger partial charge is 0.573 e. The maximum absolute atomic E-state index is 11.6. The molecule has 0 saturated heterocycles. The van der Waals surface area contributed by atoms with Crippen LogP contribution in [0.2, 0.25) is 0 Å². The number of benzene rings is 1. The predicted octanol–water partition coefficient (Wildman–Crippen LogP) is 1.97. The molecule has 1 rings (SSSR count). The van der Waals surface area contributed by atoms with Crippen LogP contribution in [0.5, 0.6) is 5.75 Å². The van der Waals surface area contributed by atoms with Crippen molar-refractivity contribution in [3.05, 3.63) is 24.3 Å². The molecule has 0 aliphatic rings. The lowest BCUT2D eigenvalue weighted by atomic mass is 10.3. The Hall–Kier alpha value is -1.39. The highest BCUT2D eigenvalue weighted by atomic mass is 19.4. The molecule has 12 heavy (non-hydrogen) atoms. The van der Waals surface area contributed by atoms with E-state index in [-0.39, 0.29) is 5.69 Å². The fraction of sp³-hybridized carbons (Fsp3) is 0.143. The third kappa shape index (κ3) is 2.34. The summed E-state index contributed by atoms with van der Waals surface area (Å²) >= 11 is 0. The predicted molar refractivity (Wildman–Crippen MR) is 36.4 cm³/mol. The van der Waals surface area contributed by atoms with Gasteiger partial charge >= 0.3 is 6.36 Å². The molecule has 5 heteroatoms. The van der Waals surface area contributed by atoms with E-state index in [1.807, 2.05) is 0 Å². The molecule has 0 atom stereocenters. The molecule has 2 N–H and O–H groups in total. The van der Waals surface area contributed by atoms with Crippen molar-refractivity contribution < 1.29 is 17.9 Å². The van der Waals surface area contributed by atoms with Crippen LogP contribution in [0.25, 0.3) is 0 Å². The molecule has 65 valence electrons. The monoisotopic (exact) mass is 176 g/mol. The molecule has 0 aliphatic carbocycles. The van der Waals surface area contributed by atoms with Gasteiger partial charge in [0.25, 0.3) is 0 Å². The average Bonchev–Trinajstić information content (AvgIpc) is 1.91. The van der Waals surface area contributed by atoms with E-state index in [9.17, 15) is 13.2 Å². The number of alkyl halides is 3. The van der Waals surface area contributed by atoms with Gasteiger partial charge in [0, 0.05) is 0 Å². The van der Waals surface area contributed by atoms with Crippen molar-refractivity contribution in [1.82, 2.24) is 0 Å². The Bertz CT molecular complexity index is 272. The van der Waals surface area contributed by atoms with Crippen LogP contribution in [0.3, 0.4) is 0 Å². The molecule has 0 spiro atoms. The van der Waals surface area contributed by atoms with E-state index in [1.165, 1.54) is 12.1 Å². The van der Waals surface area contributed by atoms with E-state index < -0.39 is 12.1 Å². The first-order chi connectivity index (χ1) is 5.49. The van der Waals surface area contributed by atoms with Gasteiger partial charge in [-0.3, -0.25) is 0 Å². The molecule has 1 radical (unpaired) electrons. The summed E-state index contributed by atoms with van der Waals surface area (Å²) < 4.78 is 38.5. The summed E-state index contributed by atoms with van der Waals surface area (Å²) in [6.07, 6.45) is -4.70. The summed E-state index contributed by atoms with van der Waals surface area (Å²) in [5.74, 6) is -0.402. The smallest absolute Gasteiger partial charge is 0.404 e. The number of rotatable bonds is 1. The summed E-state index contributed by atoms with van der Waals surface area (Å²) in [6, 6.07) is 6.11. The van der Waals surface area contributed by atoms with Crippen LogP contribution in [-0.4, -0.2) is 6.36 Å². The minimum atomic E-state index is -4.70. The fourth-order valence-electron chi connectivity index (χ4n) is 0.647. The van der Waals surface area contributed by atoms with E-state index in [2.05, 4.69) is 10.8 Å². The Labute approximate surface area is 66.7 Å². The van der Waals surface area contributed by atoms with Crippen molar-refractivity contribution in [2.24, 2.45) is 0 Å². The maximum atomic E-state index is 11.6. The van der Waals surface area contributed by atoms with Crippen LogP contribution in [0.1, 0.15) is 0 Å². The van der Waals surface area contributed by atoms with Crippen molar-refractivity contribution in [1.29, 1.82) is 0 Å². The van der Waals surface area contributed by atoms with E-state index in [1.54, 1.807) is 0 Å². The molecule has 0 heterocycles. The lowest BCUT2D eigenvalue weighted by Gasteiger charge is -2.09. The van der Waals surface area contributed by atoms with Crippen molar-refractivity contribution in [3.63, 3.8) is 0 Å². The summed E-state index contributed by atoms with van der Waals surface area (Å²) in [5.41, 5.74) is 5.08. The molecule has 0 aliphatic heterocycles. The van der Waals surface area contributed by atoms with E-state index in [0.29, 0.717) is 0 Å². The Morgan fingerprint density at radius 2 is 2.08 bits per heavy atom. The summed E-state index contributed by atoms with van der Waals surface area (Å²) in [5, 5.41) is 0. The van der Waals surface area contributed by atoms with Crippen LogP contribution in [0.4, 0.5) is 18.9 Å². The Balaban J connectivity index is 2.83. The highest BCUT2D eigenvalue weighted by molar-refractivity contribution is 5.51. The lowest BCUT2D eigenvalue weighted by molar-refractivity contribution is -0.274. The molecule has 0 aromatic heterocycles. The highest BCUT2D eigenvalue weighted by Gasteiger charge is 2.31. The van der Waals surface area contributed by atoms with Gasteiger partial charge < -0.3 is 10.5 Å². The zero-order valence-electron chi connectivity index (χ0n) is 5.85.